The zero-order valence-corrected chi connectivity index (χ0v) is 28.0. The molecule has 0 aromatic heterocycles. The minimum atomic E-state index is -3.80. The van der Waals surface area contributed by atoms with Crippen LogP contribution in [0.1, 0.15) is 120 Å². The third-order valence-electron chi connectivity index (χ3n) is 10.6. The normalized spacial score (nSPS) is 43.2. The Morgan fingerprint density at radius 3 is 1.57 bits per heavy atom. The van der Waals surface area contributed by atoms with E-state index in [-0.39, 0.29) is 37.3 Å². The third kappa shape index (κ3) is 7.36. The van der Waals surface area contributed by atoms with Gasteiger partial charge in [-0.1, -0.05) is 0 Å². The number of hydrogen-bond acceptors (Lipinski definition) is 10. The average molecular weight is 621 g/mol. The van der Waals surface area contributed by atoms with Crippen molar-refractivity contribution in [2.45, 2.75) is 190 Å². The molecule has 0 radical (unpaired) electrons. The summed E-state index contributed by atoms with van der Waals surface area (Å²) >= 11 is 0. The van der Waals surface area contributed by atoms with Gasteiger partial charge in [0.15, 0.2) is 0 Å². The number of rotatable bonds is 11. The Hall–Kier alpha value is -0.370. The van der Waals surface area contributed by atoms with Gasteiger partial charge in [0.25, 0.3) is 10.1 Å². The predicted molar refractivity (Wildman–Crippen MR) is 158 cm³/mol. The first-order valence-corrected chi connectivity index (χ1v) is 17.5. The fourth-order valence-corrected chi connectivity index (χ4v) is 8.26. The van der Waals surface area contributed by atoms with Gasteiger partial charge in [0, 0.05) is 0 Å². The molecule has 4 fully saturated rings. The summed E-state index contributed by atoms with van der Waals surface area (Å²) in [7, 11) is -3.80. The van der Waals surface area contributed by atoms with Crippen molar-refractivity contribution >= 4 is 10.1 Å². The van der Waals surface area contributed by atoms with E-state index >= 15 is 0 Å². The molecule has 4 saturated heterocycles. The summed E-state index contributed by atoms with van der Waals surface area (Å²) in [5.74, 6) is 0. The second-order valence-electron chi connectivity index (χ2n) is 15.5. The second-order valence-corrected chi connectivity index (χ2v) is 17.1. The third-order valence-corrected chi connectivity index (χ3v) is 11.2. The molecule has 0 unspecified atom stereocenters. The fourth-order valence-electron chi connectivity index (χ4n) is 7.53. The van der Waals surface area contributed by atoms with E-state index in [2.05, 4.69) is 0 Å². The molecule has 0 spiro atoms. The van der Waals surface area contributed by atoms with Gasteiger partial charge >= 0.3 is 0 Å². The fraction of sp³-hybridized carbons (Fsp3) is 1.00. The number of aliphatic hydroxyl groups excluding tert-OH is 1. The first-order valence-electron chi connectivity index (χ1n) is 15.7. The summed E-state index contributed by atoms with van der Waals surface area (Å²) in [6, 6.07) is 0. The molecule has 3 N–H and O–H groups in total. The van der Waals surface area contributed by atoms with Crippen molar-refractivity contribution < 1.29 is 46.9 Å². The van der Waals surface area contributed by atoms with Crippen molar-refractivity contribution in [1.82, 2.24) is 0 Å². The molecule has 11 heteroatoms. The van der Waals surface area contributed by atoms with Crippen LogP contribution in [0.15, 0.2) is 0 Å². The van der Waals surface area contributed by atoms with E-state index in [4.69, 9.17) is 23.1 Å². The Kier molecular flexibility index (Phi) is 9.41. The van der Waals surface area contributed by atoms with Crippen LogP contribution in [0, 0.1) is 0 Å². The Balaban J connectivity index is 1.40. The van der Waals surface area contributed by atoms with Crippen molar-refractivity contribution in [3.05, 3.63) is 0 Å². The molecule has 4 rings (SSSR count). The Morgan fingerprint density at radius 1 is 0.738 bits per heavy atom. The standard InChI is InChI=1S/C31H56O10S/c1-26(2,33)21-12-17-29(6,37-21)23-14-16-28(5,39-23)20(32)10-11-25(41-42(9,35)36)31(8)19-15-24(40-31)30(7)18-13-22(38-30)27(3,4)34/h20-25,32-34H,10-19H2,1-9H3/t20-,21-,22-,23-,24-,25-,28+,29+,30+,31+/m1/s1. The molecule has 10 atom stereocenters. The Morgan fingerprint density at radius 2 is 1.17 bits per heavy atom. The lowest BCUT2D eigenvalue weighted by atomic mass is 9.86. The lowest BCUT2D eigenvalue weighted by Crippen LogP contribution is -2.49. The summed E-state index contributed by atoms with van der Waals surface area (Å²) in [6.07, 6.45) is 4.41. The molecule has 0 aromatic carbocycles. The van der Waals surface area contributed by atoms with E-state index in [0.717, 1.165) is 31.9 Å². The predicted octanol–water partition coefficient (Wildman–Crippen LogP) is 3.76. The van der Waals surface area contributed by atoms with Crippen molar-refractivity contribution in [3.8, 4) is 0 Å². The zero-order valence-electron chi connectivity index (χ0n) is 27.1. The molecule has 42 heavy (non-hydrogen) atoms. The van der Waals surface area contributed by atoms with Crippen LogP contribution >= 0.6 is 0 Å². The van der Waals surface area contributed by atoms with E-state index in [1.54, 1.807) is 27.7 Å². The minimum absolute atomic E-state index is 0.219. The molecule has 0 amide bonds. The molecule has 0 aromatic rings. The lowest BCUT2D eigenvalue weighted by molar-refractivity contribution is -0.194. The monoisotopic (exact) mass is 620 g/mol. The van der Waals surface area contributed by atoms with E-state index in [0.29, 0.717) is 25.7 Å². The second kappa shape index (κ2) is 11.5. The van der Waals surface area contributed by atoms with Gasteiger partial charge in [-0.3, -0.25) is 4.18 Å². The van der Waals surface area contributed by atoms with Gasteiger partial charge in [-0.05, 0) is 120 Å². The molecule has 0 bridgehead atoms. The molecule has 246 valence electrons. The minimum Gasteiger partial charge on any atom is -0.390 e. The van der Waals surface area contributed by atoms with Crippen molar-refractivity contribution in [2.24, 2.45) is 0 Å². The van der Waals surface area contributed by atoms with E-state index in [9.17, 15) is 23.7 Å². The highest BCUT2D eigenvalue weighted by Gasteiger charge is 2.56. The van der Waals surface area contributed by atoms with Crippen LogP contribution in [-0.2, 0) is 33.2 Å². The summed E-state index contributed by atoms with van der Waals surface area (Å²) in [4.78, 5) is 0. The molecule has 10 nitrogen and oxygen atoms in total. The van der Waals surface area contributed by atoms with Crippen LogP contribution in [0.25, 0.3) is 0 Å². The molecule has 4 heterocycles. The van der Waals surface area contributed by atoms with Gasteiger partial charge in [-0.25, -0.2) is 0 Å². The highest BCUT2D eigenvalue weighted by atomic mass is 32.2. The lowest BCUT2D eigenvalue weighted by Gasteiger charge is -2.39. The number of hydrogen-bond donors (Lipinski definition) is 3. The van der Waals surface area contributed by atoms with E-state index in [1.807, 2.05) is 27.7 Å². The van der Waals surface area contributed by atoms with Crippen molar-refractivity contribution in [2.75, 3.05) is 6.26 Å². The van der Waals surface area contributed by atoms with Gasteiger partial charge in [0.1, 0.15) is 6.10 Å². The molecule has 4 aliphatic rings. The zero-order chi connectivity index (χ0) is 31.6. The number of ether oxygens (including phenoxy) is 4. The van der Waals surface area contributed by atoms with Crippen LogP contribution in [0.5, 0.6) is 0 Å². The molecule has 4 aliphatic heterocycles. The summed E-state index contributed by atoms with van der Waals surface area (Å²) in [5.41, 5.74) is -4.77. The average Bonchev–Trinajstić information content (AvgIpc) is 3.62. The number of aliphatic hydroxyl groups is 3. The smallest absolute Gasteiger partial charge is 0.264 e. The molecular weight excluding hydrogens is 564 g/mol. The van der Waals surface area contributed by atoms with Gasteiger partial charge in [-0.15, -0.1) is 0 Å². The molecular formula is C31H56O10S. The van der Waals surface area contributed by atoms with Crippen LogP contribution in [0.4, 0.5) is 0 Å². The SMILES string of the molecule is CC(C)(O)[C@H]1CC[C@@](C)([C@H]2CC[C@@](C)([C@H](O)CC[C@@H](OS(C)(=O)=O)[C@]3(C)CC[C@H]([C@]4(C)CC[C@H](C(C)(C)O)O4)O3)O2)O1. The maximum absolute atomic E-state index is 12.3. The quantitative estimate of drug-likeness (QED) is 0.292. The maximum Gasteiger partial charge on any atom is 0.264 e. The van der Waals surface area contributed by atoms with Crippen LogP contribution in [-0.4, -0.2) is 100 Å². The largest absolute Gasteiger partial charge is 0.390 e. The van der Waals surface area contributed by atoms with Gasteiger partial charge in [-0.2, -0.15) is 8.42 Å². The van der Waals surface area contributed by atoms with Gasteiger partial charge in [0.05, 0.1) is 70.4 Å². The molecule has 0 saturated carbocycles. The van der Waals surface area contributed by atoms with Crippen molar-refractivity contribution in [1.29, 1.82) is 0 Å². The highest BCUT2D eigenvalue weighted by Crippen LogP contribution is 2.48. The van der Waals surface area contributed by atoms with Crippen LogP contribution < -0.4 is 0 Å². The van der Waals surface area contributed by atoms with Crippen molar-refractivity contribution in [3.63, 3.8) is 0 Å². The summed E-state index contributed by atoms with van der Waals surface area (Å²) < 4.78 is 56.0. The molecule has 0 aliphatic carbocycles. The summed E-state index contributed by atoms with van der Waals surface area (Å²) in [6.45, 7) is 14.8. The van der Waals surface area contributed by atoms with Gasteiger partial charge < -0.3 is 34.3 Å². The summed E-state index contributed by atoms with van der Waals surface area (Å²) in [5, 5.41) is 32.3. The van der Waals surface area contributed by atoms with Crippen LogP contribution in [0.3, 0.4) is 0 Å². The first-order chi connectivity index (χ1) is 19.0. The van der Waals surface area contributed by atoms with Crippen LogP contribution in [0.2, 0.25) is 0 Å². The van der Waals surface area contributed by atoms with E-state index < -0.39 is 55.9 Å². The Labute approximate surface area is 252 Å². The topological polar surface area (TPSA) is 141 Å². The highest BCUT2D eigenvalue weighted by molar-refractivity contribution is 7.86. The maximum atomic E-state index is 12.3. The first kappa shape index (κ1) is 34.5. The van der Waals surface area contributed by atoms with E-state index in [1.165, 1.54) is 0 Å². The Bertz CT molecular complexity index is 1070. The van der Waals surface area contributed by atoms with Gasteiger partial charge in [0.2, 0.25) is 0 Å².